The van der Waals surface area contributed by atoms with Gasteiger partial charge in [0.05, 0.1) is 18.6 Å². The molecule has 0 atom stereocenters. The normalized spacial score (nSPS) is 23.7. The van der Waals surface area contributed by atoms with Gasteiger partial charge in [0.15, 0.2) is 0 Å². The van der Waals surface area contributed by atoms with Crippen LogP contribution in [-0.4, -0.2) is 65.0 Å². The van der Waals surface area contributed by atoms with E-state index in [1.807, 2.05) is 0 Å². The number of ketones is 1. The first-order valence-corrected chi connectivity index (χ1v) is 6.69. The zero-order chi connectivity index (χ0) is 14.9. The van der Waals surface area contributed by atoms with Crippen molar-refractivity contribution in [1.29, 1.82) is 0 Å². The molecule has 2 aliphatic rings. The Morgan fingerprint density at radius 3 is 2.40 bits per heavy atom. The first kappa shape index (κ1) is 14.6. The summed E-state index contributed by atoms with van der Waals surface area (Å²) in [7, 11) is 0. The molecule has 0 aromatic carbocycles. The van der Waals surface area contributed by atoms with Gasteiger partial charge in [-0.05, 0) is 13.8 Å². The molecule has 2 saturated heterocycles. The summed E-state index contributed by atoms with van der Waals surface area (Å²) in [5, 5.41) is 2.27. The van der Waals surface area contributed by atoms with Crippen molar-refractivity contribution in [2.24, 2.45) is 0 Å². The van der Waals surface area contributed by atoms with Crippen molar-refractivity contribution >= 4 is 23.5 Å². The summed E-state index contributed by atoms with van der Waals surface area (Å²) in [6.07, 6.45) is 0.767. The Bertz CT molecular complexity index is 462. The summed E-state index contributed by atoms with van der Waals surface area (Å²) in [5.74, 6) is -0.763. The van der Waals surface area contributed by atoms with Crippen LogP contribution >= 0.6 is 0 Å². The minimum Gasteiger partial charge on any atom is -0.341 e. The third-order valence-electron chi connectivity index (χ3n) is 3.93. The van der Waals surface area contributed by atoms with Crippen LogP contribution in [0.1, 0.15) is 26.7 Å². The van der Waals surface area contributed by atoms with E-state index in [0.717, 1.165) is 0 Å². The number of piperazine rings is 1. The smallest absolute Gasteiger partial charge is 0.246 e. The number of rotatable bonds is 2. The van der Waals surface area contributed by atoms with Gasteiger partial charge in [0.1, 0.15) is 5.78 Å². The molecular weight excluding hydrogens is 262 g/mol. The molecule has 0 unspecified atom stereocenters. The lowest BCUT2D eigenvalue weighted by Gasteiger charge is -2.40. The number of nitrogens with zero attached hydrogens (tertiary/aromatic N) is 2. The fourth-order valence-electron chi connectivity index (χ4n) is 2.36. The molecule has 2 fully saturated rings. The fraction of sp³-hybridized carbons (Fsp3) is 0.692. The predicted octanol–water partition coefficient (Wildman–Crippen LogP) is -1.09. The quantitative estimate of drug-likeness (QED) is 0.650. The molecular formula is C13H19N3O4. The topological polar surface area (TPSA) is 86.8 Å². The lowest BCUT2D eigenvalue weighted by molar-refractivity contribution is -0.148. The maximum Gasteiger partial charge on any atom is 0.246 e. The summed E-state index contributed by atoms with van der Waals surface area (Å²) in [6, 6.07) is 0. The minimum absolute atomic E-state index is 0.0142. The maximum absolute atomic E-state index is 12.2. The van der Waals surface area contributed by atoms with Gasteiger partial charge in [-0.1, -0.05) is 0 Å². The number of amides is 3. The number of carbonyl (C=O) groups excluding carboxylic acids is 4. The van der Waals surface area contributed by atoms with Gasteiger partial charge in [0.2, 0.25) is 17.7 Å². The van der Waals surface area contributed by atoms with E-state index in [2.05, 4.69) is 5.32 Å². The highest BCUT2D eigenvalue weighted by Crippen LogP contribution is 2.18. The molecule has 2 rings (SSSR count). The van der Waals surface area contributed by atoms with Crippen LogP contribution in [0.2, 0.25) is 0 Å². The molecule has 0 bridgehead atoms. The second-order valence-corrected chi connectivity index (χ2v) is 5.71. The number of piperidine rings is 1. The lowest BCUT2D eigenvalue weighted by atomic mass is 9.98. The van der Waals surface area contributed by atoms with Crippen LogP contribution in [0.5, 0.6) is 0 Å². The monoisotopic (exact) mass is 281 g/mol. The second-order valence-electron chi connectivity index (χ2n) is 5.71. The highest BCUT2D eigenvalue weighted by molar-refractivity contribution is 6.03. The van der Waals surface area contributed by atoms with Crippen LogP contribution in [0, 0.1) is 0 Å². The highest BCUT2D eigenvalue weighted by atomic mass is 16.2. The molecule has 7 nitrogen and oxygen atoms in total. The van der Waals surface area contributed by atoms with E-state index in [-0.39, 0.29) is 24.8 Å². The van der Waals surface area contributed by atoms with Gasteiger partial charge in [-0.25, -0.2) is 0 Å². The van der Waals surface area contributed by atoms with Crippen molar-refractivity contribution < 1.29 is 19.2 Å². The molecule has 2 aliphatic heterocycles. The van der Waals surface area contributed by atoms with E-state index in [4.69, 9.17) is 0 Å². The van der Waals surface area contributed by atoms with Crippen molar-refractivity contribution in [3.05, 3.63) is 0 Å². The maximum atomic E-state index is 12.2. The molecule has 3 amide bonds. The second kappa shape index (κ2) is 5.32. The molecule has 0 aromatic heterocycles. The van der Waals surface area contributed by atoms with Crippen molar-refractivity contribution in [3.63, 3.8) is 0 Å². The van der Waals surface area contributed by atoms with Crippen LogP contribution < -0.4 is 5.32 Å². The number of carbonyl (C=O) groups is 4. The summed E-state index contributed by atoms with van der Waals surface area (Å²) in [4.78, 5) is 49.8. The molecule has 0 spiro atoms. The van der Waals surface area contributed by atoms with Gasteiger partial charge in [0.25, 0.3) is 0 Å². The number of imide groups is 1. The van der Waals surface area contributed by atoms with Crippen LogP contribution in [-0.2, 0) is 19.2 Å². The van der Waals surface area contributed by atoms with Crippen LogP contribution in [0.4, 0.5) is 0 Å². The molecule has 1 N–H and O–H groups in total. The number of nitrogens with one attached hydrogen (secondary N) is 1. The van der Waals surface area contributed by atoms with E-state index in [0.29, 0.717) is 25.9 Å². The van der Waals surface area contributed by atoms with E-state index in [1.54, 1.807) is 23.6 Å². The van der Waals surface area contributed by atoms with Gasteiger partial charge in [-0.15, -0.1) is 0 Å². The van der Waals surface area contributed by atoms with E-state index in [9.17, 15) is 19.2 Å². The van der Waals surface area contributed by atoms with Gasteiger partial charge >= 0.3 is 0 Å². The Balaban J connectivity index is 2.00. The molecule has 0 aliphatic carbocycles. The first-order chi connectivity index (χ1) is 9.30. The van der Waals surface area contributed by atoms with Gasteiger partial charge in [-0.3, -0.25) is 29.4 Å². The Hall–Kier alpha value is -1.76. The van der Waals surface area contributed by atoms with Gasteiger partial charge in [0, 0.05) is 25.9 Å². The number of hydrogen-bond donors (Lipinski definition) is 1. The number of hydrogen-bond acceptors (Lipinski definition) is 5. The minimum atomic E-state index is -0.894. The Labute approximate surface area is 117 Å². The van der Waals surface area contributed by atoms with E-state index < -0.39 is 17.4 Å². The van der Waals surface area contributed by atoms with E-state index >= 15 is 0 Å². The third-order valence-corrected chi connectivity index (χ3v) is 3.93. The predicted molar refractivity (Wildman–Crippen MR) is 69.6 cm³/mol. The largest absolute Gasteiger partial charge is 0.341 e. The number of likely N-dealkylation sites (tertiary alicyclic amines) is 1. The van der Waals surface area contributed by atoms with Crippen molar-refractivity contribution in [2.45, 2.75) is 32.2 Å². The molecule has 7 heteroatoms. The molecule has 2 heterocycles. The highest BCUT2D eigenvalue weighted by Gasteiger charge is 2.42. The zero-order valence-electron chi connectivity index (χ0n) is 11.8. The zero-order valence-corrected chi connectivity index (χ0v) is 11.8. The van der Waals surface area contributed by atoms with Gasteiger partial charge in [-0.2, -0.15) is 0 Å². The molecule has 110 valence electrons. The third kappa shape index (κ3) is 2.87. The molecule has 0 aromatic rings. The van der Waals surface area contributed by atoms with Gasteiger partial charge < -0.3 is 4.90 Å². The van der Waals surface area contributed by atoms with Crippen molar-refractivity contribution in [1.82, 2.24) is 15.1 Å². The number of Topliss-reactive ketones (excluding diaryl/α,β-unsaturated/α-hetero) is 1. The van der Waals surface area contributed by atoms with Crippen LogP contribution in [0.25, 0.3) is 0 Å². The van der Waals surface area contributed by atoms with Crippen molar-refractivity contribution in [3.8, 4) is 0 Å². The summed E-state index contributed by atoms with van der Waals surface area (Å²) in [5.41, 5.74) is -0.894. The Morgan fingerprint density at radius 2 is 1.80 bits per heavy atom. The standard InChI is InChI=1S/C13H19N3O4/c1-13(2)12(20)14-10(18)7-16(13)8-11(19)15-5-3-9(17)4-6-15/h3-8H2,1-2H3,(H,14,18,20). The van der Waals surface area contributed by atoms with Crippen LogP contribution in [0.3, 0.4) is 0 Å². The molecule has 0 radical (unpaired) electrons. The first-order valence-electron chi connectivity index (χ1n) is 6.69. The fourth-order valence-corrected chi connectivity index (χ4v) is 2.36. The Morgan fingerprint density at radius 1 is 1.20 bits per heavy atom. The average Bonchev–Trinajstić information content (AvgIpc) is 2.36. The van der Waals surface area contributed by atoms with Crippen LogP contribution in [0.15, 0.2) is 0 Å². The average molecular weight is 281 g/mol. The summed E-state index contributed by atoms with van der Waals surface area (Å²) < 4.78 is 0. The molecule has 20 heavy (non-hydrogen) atoms. The van der Waals surface area contributed by atoms with E-state index in [1.165, 1.54) is 0 Å². The SMILES string of the molecule is CC1(C)C(=O)NC(=O)CN1CC(=O)N1CCC(=O)CC1. The molecule has 0 saturated carbocycles. The lowest BCUT2D eigenvalue weighted by Crippen LogP contribution is -2.65. The summed E-state index contributed by atoms with van der Waals surface area (Å²) in [6.45, 7) is 4.25. The Kier molecular flexibility index (Phi) is 3.89. The summed E-state index contributed by atoms with van der Waals surface area (Å²) >= 11 is 0. The van der Waals surface area contributed by atoms with Crippen molar-refractivity contribution in [2.75, 3.05) is 26.2 Å².